The van der Waals surface area contributed by atoms with E-state index in [2.05, 4.69) is 5.32 Å². The Kier molecular flexibility index (Phi) is 6.03. The van der Waals surface area contributed by atoms with Gasteiger partial charge in [0.05, 0.1) is 30.6 Å². The molecule has 3 aromatic carbocycles. The second kappa shape index (κ2) is 9.06. The van der Waals surface area contributed by atoms with Gasteiger partial charge in [-0.1, -0.05) is 18.2 Å². The molecular weight excluding hydrogens is 402 g/mol. The maximum atomic E-state index is 13.2. The summed E-state index contributed by atoms with van der Waals surface area (Å²) in [6.45, 7) is 3.87. The van der Waals surface area contributed by atoms with Gasteiger partial charge in [-0.05, 0) is 79.1 Å². The van der Waals surface area contributed by atoms with Crippen molar-refractivity contribution in [2.75, 3.05) is 23.9 Å². The lowest BCUT2D eigenvalue weighted by Gasteiger charge is -2.22. The molecule has 6 heteroatoms. The first-order valence-corrected chi connectivity index (χ1v) is 10.4. The minimum Gasteiger partial charge on any atom is -0.497 e. The molecule has 2 amide bonds. The summed E-state index contributed by atoms with van der Waals surface area (Å²) in [5, 5.41) is 2.91. The third kappa shape index (κ3) is 4.70. The number of rotatable bonds is 5. The number of ether oxygens (including phenoxy) is 1. The molecule has 0 bridgehead atoms. The number of amides is 2. The number of aryl methyl sites for hydroxylation is 2. The van der Waals surface area contributed by atoms with Gasteiger partial charge < -0.3 is 15.0 Å². The molecule has 1 aliphatic rings. The Balaban J connectivity index is 1.59. The van der Waals surface area contributed by atoms with Gasteiger partial charge in [0.2, 0.25) is 11.8 Å². The predicted molar refractivity (Wildman–Crippen MR) is 127 cm³/mol. The van der Waals surface area contributed by atoms with Crippen LogP contribution in [0.2, 0.25) is 0 Å². The minimum absolute atomic E-state index is 0.0890. The number of benzene rings is 3. The van der Waals surface area contributed by atoms with Crippen molar-refractivity contribution >= 4 is 34.6 Å². The van der Waals surface area contributed by atoms with E-state index >= 15 is 0 Å². The molecule has 0 radical (unpaired) electrons. The Bertz CT molecular complexity index is 1180. The molecule has 0 atom stereocenters. The van der Waals surface area contributed by atoms with Gasteiger partial charge in [-0.3, -0.25) is 14.6 Å². The van der Waals surface area contributed by atoms with Gasteiger partial charge in [-0.25, -0.2) is 0 Å². The number of anilines is 2. The summed E-state index contributed by atoms with van der Waals surface area (Å²) in [5.41, 5.74) is 5.62. The number of nitrogens with one attached hydrogen (secondary N) is 1. The standard InChI is InChI=1S/C26H25N3O3/c1-17-12-18(2)14-20(13-17)27-25(30)16-29-24-7-5-4-6-22(24)28-23(15-26(29)31)19-8-10-21(32-3)11-9-19/h4-14H,15-16H2,1-3H3,(H,27,30). The van der Waals surface area contributed by atoms with Crippen LogP contribution in [-0.4, -0.2) is 31.2 Å². The quantitative estimate of drug-likeness (QED) is 0.635. The van der Waals surface area contributed by atoms with E-state index in [4.69, 9.17) is 9.73 Å². The second-order valence-corrected chi connectivity index (χ2v) is 7.86. The number of methoxy groups -OCH3 is 1. The normalized spacial score (nSPS) is 13.2. The summed E-state index contributed by atoms with van der Waals surface area (Å²) in [5.74, 6) is 0.297. The molecule has 0 aliphatic carbocycles. The number of aliphatic imine (C=N–C) groups is 1. The molecule has 3 aromatic rings. The van der Waals surface area contributed by atoms with Gasteiger partial charge in [0.15, 0.2) is 0 Å². The van der Waals surface area contributed by atoms with Crippen LogP contribution in [0.25, 0.3) is 0 Å². The molecule has 0 saturated heterocycles. The number of nitrogens with zero attached hydrogens (tertiary/aromatic N) is 2. The highest BCUT2D eigenvalue weighted by atomic mass is 16.5. The first-order valence-electron chi connectivity index (χ1n) is 10.4. The number of carbonyl (C=O) groups is 2. The fraction of sp³-hybridized carbons (Fsp3) is 0.192. The molecule has 0 spiro atoms. The molecule has 1 N–H and O–H groups in total. The van der Waals surface area contributed by atoms with Crippen LogP contribution in [0.5, 0.6) is 5.75 Å². The van der Waals surface area contributed by atoms with Crippen molar-refractivity contribution in [3.63, 3.8) is 0 Å². The van der Waals surface area contributed by atoms with Crippen molar-refractivity contribution in [2.45, 2.75) is 20.3 Å². The topological polar surface area (TPSA) is 71.0 Å². The SMILES string of the molecule is COc1ccc(C2=Nc3ccccc3N(CC(=O)Nc3cc(C)cc(C)c3)C(=O)C2)cc1. The summed E-state index contributed by atoms with van der Waals surface area (Å²) < 4.78 is 5.22. The van der Waals surface area contributed by atoms with Crippen molar-refractivity contribution in [1.82, 2.24) is 0 Å². The summed E-state index contributed by atoms with van der Waals surface area (Å²) in [6.07, 6.45) is 0.0951. The minimum atomic E-state index is -0.258. The molecule has 1 aliphatic heterocycles. The fourth-order valence-corrected chi connectivity index (χ4v) is 3.86. The summed E-state index contributed by atoms with van der Waals surface area (Å²) in [6, 6.07) is 20.7. The maximum absolute atomic E-state index is 13.2. The monoisotopic (exact) mass is 427 g/mol. The van der Waals surface area contributed by atoms with E-state index in [1.807, 2.05) is 80.6 Å². The lowest BCUT2D eigenvalue weighted by molar-refractivity contribution is -0.120. The average Bonchev–Trinajstić information content (AvgIpc) is 2.90. The zero-order valence-electron chi connectivity index (χ0n) is 18.4. The Morgan fingerprint density at radius 2 is 1.72 bits per heavy atom. The Morgan fingerprint density at radius 1 is 1.03 bits per heavy atom. The van der Waals surface area contributed by atoms with E-state index in [1.54, 1.807) is 7.11 Å². The second-order valence-electron chi connectivity index (χ2n) is 7.86. The van der Waals surface area contributed by atoms with Crippen LogP contribution in [0.1, 0.15) is 23.1 Å². The largest absolute Gasteiger partial charge is 0.497 e. The first kappa shape index (κ1) is 21.3. The molecule has 0 fully saturated rings. The van der Waals surface area contributed by atoms with Crippen molar-refractivity contribution in [2.24, 2.45) is 4.99 Å². The zero-order valence-corrected chi connectivity index (χ0v) is 18.4. The van der Waals surface area contributed by atoms with Crippen LogP contribution in [0.4, 0.5) is 17.1 Å². The smallest absolute Gasteiger partial charge is 0.244 e. The van der Waals surface area contributed by atoms with Gasteiger partial charge in [-0.15, -0.1) is 0 Å². The molecular formula is C26H25N3O3. The van der Waals surface area contributed by atoms with Crippen molar-refractivity contribution < 1.29 is 14.3 Å². The highest BCUT2D eigenvalue weighted by Gasteiger charge is 2.26. The molecule has 162 valence electrons. The van der Waals surface area contributed by atoms with Crippen LogP contribution in [0.3, 0.4) is 0 Å². The van der Waals surface area contributed by atoms with Gasteiger partial charge in [0, 0.05) is 5.69 Å². The van der Waals surface area contributed by atoms with Crippen molar-refractivity contribution in [3.8, 4) is 5.75 Å². The van der Waals surface area contributed by atoms with Crippen LogP contribution in [0, 0.1) is 13.8 Å². The third-order valence-electron chi connectivity index (χ3n) is 5.28. The Labute approximate surface area is 187 Å². The number of carbonyl (C=O) groups excluding carboxylic acids is 2. The van der Waals surface area contributed by atoms with Crippen molar-refractivity contribution in [3.05, 3.63) is 83.4 Å². The molecule has 4 rings (SSSR count). The van der Waals surface area contributed by atoms with E-state index in [0.29, 0.717) is 17.1 Å². The summed E-state index contributed by atoms with van der Waals surface area (Å²) >= 11 is 0. The third-order valence-corrected chi connectivity index (χ3v) is 5.28. The van der Waals surface area contributed by atoms with Crippen LogP contribution >= 0.6 is 0 Å². The van der Waals surface area contributed by atoms with E-state index in [9.17, 15) is 9.59 Å². The molecule has 32 heavy (non-hydrogen) atoms. The molecule has 0 saturated carbocycles. The van der Waals surface area contributed by atoms with Gasteiger partial charge in [0.25, 0.3) is 0 Å². The molecule has 6 nitrogen and oxygen atoms in total. The van der Waals surface area contributed by atoms with Crippen LogP contribution in [-0.2, 0) is 9.59 Å². The van der Waals surface area contributed by atoms with Crippen LogP contribution in [0.15, 0.2) is 71.7 Å². The molecule has 0 unspecified atom stereocenters. The number of para-hydroxylation sites is 2. The van der Waals surface area contributed by atoms with E-state index in [-0.39, 0.29) is 24.8 Å². The number of hydrogen-bond donors (Lipinski definition) is 1. The molecule has 0 aromatic heterocycles. The van der Waals surface area contributed by atoms with Gasteiger partial charge in [-0.2, -0.15) is 0 Å². The predicted octanol–water partition coefficient (Wildman–Crippen LogP) is 4.81. The zero-order chi connectivity index (χ0) is 22.7. The van der Waals surface area contributed by atoms with E-state index in [0.717, 1.165) is 28.1 Å². The van der Waals surface area contributed by atoms with Crippen molar-refractivity contribution in [1.29, 1.82) is 0 Å². The first-order chi connectivity index (χ1) is 15.4. The number of hydrogen-bond acceptors (Lipinski definition) is 4. The Hall–Kier alpha value is -3.93. The lowest BCUT2D eigenvalue weighted by Crippen LogP contribution is -2.38. The summed E-state index contributed by atoms with van der Waals surface area (Å²) in [7, 11) is 1.61. The molecule has 1 heterocycles. The highest BCUT2D eigenvalue weighted by Crippen LogP contribution is 2.33. The van der Waals surface area contributed by atoms with Gasteiger partial charge >= 0.3 is 0 Å². The maximum Gasteiger partial charge on any atom is 0.244 e. The van der Waals surface area contributed by atoms with E-state index in [1.165, 1.54) is 4.90 Å². The average molecular weight is 428 g/mol. The Morgan fingerprint density at radius 3 is 2.41 bits per heavy atom. The highest BCUT2D eigenvalue weighted by molar-refractivity contribution is 6.19. The van der Waals surface area contributed by atoms with Gasteiger partial charge in [0.1, 0.15) is 12.3 Å². The number of fused-ring (bicyclic) bond motifs is 1. The summed E-state index contributed by atoms with van der Waals surface area (Å²) in [4.78, 5) is 32.3. The lowest BCUT2D eigenvalue weighted by atomic mass is 10.1. The fourth-order valence-electron chi connectivity index (χ4n) is 3.86. The van der Waals surface area contributed by atoms with E-state index < -0.39 is 0 Å². The van der Waals surface area contributed by atoms with Crippen LogP contribution < -0.4 is 15.0 Å².